The molecule has 0 heterocycles. The third-order valence-corrected chi connectivity index (χ3v) is 3.50. The number of aliphatic carboxylic acids is 1. The van der Waals surface area contributed by atoms with Gasteiger partial charge in [-0.05, 0) is 38.5 Å². The van der Waals surface area contributed by atoms with E-state index in [1.165, 1.54) is 25.7 Å². The fraction of sp³-hybridized carbons (Fsp3) is 0.500. The van der Waals surface area contributed by atoms with E-state index in [4.69, 9.17) is 5.11 Å². The number of hydrogen-bond acceptors (Lipinski definition) is 2. The van der Waals surface area contributed by atoms with Crippen LogP contribution in [0.3, 0.4) is 0 Å². The Morgan fingerprint density at radius 2 is 1.56 bits per heavy atom. The lowest BCUT2D eigenvalue weighted by molar-refractivity contribution is -0.136. The number of carboxylic acids is 1. The van der Waals surface area contributed by atoms with Crippen molar-refractivity contribution in [3.63, 3.8) is 0 Å². The lowest BCUT2D eigenvalue weighted by Crippen LogP contribution is -1.99. The number of rotatable bonds is 15. The highest BCUT2D eigenvalue weighted by Gasteiger charge is 1.95. The number of hydrogen-bond donors (Lipinski definition) is 2. The topological polar surface area (TPSA) is 57.5 Å². The summed E-state index contributed by atoms with van der Waals surface area (Å²) in [4.78, 5) is 10.3. The zero-order valence-electron chi connectivity index (χ0n) is 15.5. The second-order valence-corrected chi connectivity index (χ2v) is 5.93. The third-order valence-electron chi connectivity index (χ3n) is 3.50. The van der Waals surface area contributed by atoms with Crippen LogP contribution in [0.1, 0.15) is 64.7 Å². The molecule has 0 aromatic rings. The third kappa shape index (κ3) is 20.1. The Morgan fingerprint density at radius 3 is 2.28 bits per heavy atom. The van der Waals surface area contributed by atoms with Gasteiger partial charge in [-0.25, -0.2) is 0 Å². The van der Waals surface area contributed by atoms with Crippen LogP contribution < -0.4 is 0 Å². The summed E-state index contributed by atoms with van der Waals surface area (Å²) in [5, 5.41) is 18.2. The molecule has 3 nitrogen and oxygen atoms in total. The molecule has 0 fully saturated rings. The quantitative estimate of drug-likeness (QED) is 0.226. The highest BCUT2D eigenvalue weighted by Crippen LogP contribution is 2.01. The molecule has 140 valence electrons. The molecule has 1 unspecified atom stereocenters. The number of allylic oxidation sites excluding steroid dienone is 8. The van der Waals surface area contributed by atoms with E-state index in [2.05, 4.69) is 31.2 Å². The molecule has 1 atom stereocenters. The van der Waals surface area contributed by atoms with Gasteiger partial charge in [0.1, 0.15) is 0 Å². The summed E-state index contributed by atoms with van der Waals surface area (Å²) >= 11 is 0. The summed E-state index contributed by atoms with van der Waals surface area (Å²) in [6.07, 6.45) is 27.5. The maximum Gasteiger partial charge on any atom is 0.303 e. The van der Waals surface area contributed by atoms with E-state index < -0.39 is 12.1 Å². The van der Waals surface area contributed by atoms with Crippen molar-refractivity contribution in [2.75, 3.05) is 0 Å². The zero-order chi connectivity index (χ0) is 18.6. The first-order chi connectivity index (χ1) is 12.2. The van der Waals surface area contributed by atoms with Gasteiger partial charge in [0.25, 0.3) is 0 Å². The summed E-state index contributed by atoms with van der Waals surface area (Å²) in [6.45, 7) is 2.22. The summed E-state index contributed by atoms with van der Waals surface area (Å²) in [5.74, 6) is -0.799. The minimum Gasteiger partial charge on any atom is -0.481 e. The van der Waals surface area contributed by atoms with E-state index in [1.54, 1.807) is 12.2 Å². The molecule has 0 saturated heterocycles. The Labute approximate surface area is 153 Å². The predicted molar refractivity (Wildman–Crippen MR) is 107 cm³/mol. The molecule has 0 spiro atoms. The average Bonchev–Trinajstić information content (AvgIpc) is 2.58. The summed E-state index contributed by atoms with van der Waals surface area (Å²) in [7, 11) is 0. The van der Waals surface area contributed by atoms with Crippen LogP contribution >= 0.6 is 0 Å². The van der Waals surface area contributed by atoms with Crippen LogP contribution in [0, 0.1) is 0 Å². The molecule has 0 saturated carbocycles. The molecule has 0 aliphatic heterocycles. The molecular weight excluding hydrogens is 312 g/mol. The first-order valence-corrected chi connectivity index (χ1v) is 9.35. The molecule has 0 radical (unpaired) electrons. The van der Waals surface area contributed by atoms with Crippen LogP contribution in [0.15, 0.2) is 60.8 Å². The van der Waals surface area contributed by atoms with E-state index in [0.29, 0.717) is 12.8 Å². The molecule has 0 rings (SSSR count). The van der Waals surface area contributed by atoms with Crippen LogP contribution in [0.2, 0.25) is 0 Å². The number of carbonyl (C=O) groups is 1. The summed E-state index contributed by atoms with van der Waals surface area (Å²) < 4.78 is 0. The van der Waals surface area contributed by atoms with Crippen LogP contribution in [-0.2, 0) is 4.79 Å². The molecule has 0 amide bonds. The Kier molecular flexibility index (Phi) is 17.1. The monoisotopic (exact) mass is 346 g/mol. The summed E-state index contributed by atoms with van der Waals surface area (Å²) in [6, 6.07) is 0. The molecule has 3 heteroatoms. The van der Waals surface area contributed by atoms with Crippen molar-refractivity contribution in [1.29, 1.82) is 0 Å². The molecule has 2 N–H and O–H groups in total. The second kappa shape index (κ2) is 18.5. The zero-order valence-corrected chi connectivity index (χ0v) is 15.5. The van der Waals surface area contributed by atoms with Gasteiger partial charge in [-0.2, -0.15) is 0 Å². The molecule has 0 aliphatic rings. The van der Waals surface area contributed by atoms with Crippen LogP contribution in [0.25, 0.3) is 0 Å². The van der Waals surface area contributed by atoms with Crippen molar-refractivity contribution >= 4 is 5.97 Å². The van der Waals surface area contributed by atoms with E-state index in [9.17, 15) is 9.90 Å². The number of unbranched alkanes of at least 4 members (excludes halogenated alkanes) is 3. The molecule has 0 aromatic heterocycles. The molecule has 0 aromatic carbocycles. The van der Waals surface area contributed by atoms with Crippen LogP contribution in [0.4, 0.5) is 0 Å². The fourth-order valence-corrected chi connectivity index (χ4v) is 2.06. The number of carboxylic acid groups (broad SMARTS) is 1. The Balaban J connectivity index is 3.66. The minimum atomic E-state index is -0.799. The minimum absolute atomic E-state index is 0.132. The maximum atomic E-state index is 10.3. The van der Waals surface area contributed by atoms with E-state index >= 15 is 0 Å². The van der Waals surface area contributed by atoms with Crippen molar-refractivity contribution in [2.24, 2.45) is 0 Å². The van der Waals surface area contributed by atoms with Gasteiger partial charge < -0.3 is 10.2 Å². The Hall–Kier alpha value is -1.87. The smallest absolute Gasteiger partial charge is 0.303 e. The van der Waals surface area contributed by atoms with E-state index in [-0.39, 0.29) is 6.42 Å². The van der Waals surface area contributed by atoms with Gasteiger partial charge in [0.2, 0.25) is 0 Å². The highest BCUT2D eigenvalue weighted by molar-refractivity contribution is 5.66. The van der Waals surface area contributed by atoms with Crippen LogP contribution in [-0.4, -0.2) is 22.3 Å². The Bertz CT molecular complexity index is 456. The fourth-order valence-electron chi connectivity index (χ4n) is 2.06. The van der Waals surface area contributed by atoms with Crippen molar-refractivity contribution in [3.8, 4) is 0 Å². The van der Waals surface area contributed by atoms with Crippen molar-refractivity contribution in [2.45, 2.75) is 70.8 Å². The van der Waals surface area contributed by atoms with Gasteiger partial charge in [-0.3, -0.25) is 4.79 Å². The van der Waals surface area contributed by atoms with Gasteiger partial charge in [-0.15, -0.1) is 0 Å². The molecular formula is C22H34O3. The van der Waals surface area contributed by atoms with Gasteiger partial charge in [0.15, 0.2) is 0 Å². The van der Waals surface area contributed by atoms with Gasteiger partial charge in [0.05, 0.1) is 6.10 Å². The SMILES string of the molecule is CCCCCC=CCC=CCC=CC=CC(O)CC=CCCC(=O)O. The predicted octanol–water partition coefficient (Wildman–Crippen LogP) is 5.74. The molecule has 0 aliphatic carbocycles. The van der Waals surface area contributed by atoms with E-state index in [0.717, 1.165) is 12.8 Å². The van der Waals surface area contributed by atoms with Gasteiger partial charge in [-0.1, -0.05) is 80.5 Å². The van der Waals surface area contributed by atoms with Crippen molar-refractivity contribution < 1.29 is 15.0 Å². The maximum absolute atomic E-state index is 10.3. The van der Waals surface area contributed by atoms with Crippen molar-refractivity contribution in [3.05, 3.63) is 60.8 Å². The van der Waals surface area contributed by atoms with E-state index in [1.807, 2.05) is 24.3 Å². The first-order valence-electron chi connectivity index (χ1n) is 9.35. The summed E-state index contributed by atoms with van der Waals surface area (Å²) in [5.41, 5.74) is 0. The number of aliphatic hydroxyl groups excluding tert-OH is 1. The first kappa shape index (κ1) is 23.1. The highest BCUT2D eigenvalue weighted by atomic mass is 16.4. The van der Waals surface area contributed by atoms with Gasteiger partial charge in [0, 0.05) is 6.42 Å². The average molecular weight is 347 g/mol. The Morgan fingerprint density at radius 1 is 0.880 bits per heavy atom. The molecule has 0 bridgehead atoms. The van der Waals surface area contributed by atoms with Crippen molar-refractivity contribution in [1.82, 2.24) is 0 Å². The van der Waals surface area contributed by atoms with Gasteiger partial charge >= 0.3 is 5.97 Å². The second-order valence-electron chi connectivity index (χ2n) is 5.93. The molecule has 25 heavy (non-hydrogen) atoms. The van der Waals surface area contributed by atoms with Crippen LogP contribution in [0.5, 0.6) is 0 Å². The number of aliphatic hydroxyl groups is 1. The lowest BCUT2D eigenvalue weighted by Gasteiger charge is -1.98. The largest absolute Gasteiger partial charge is 0.481 e. The standard InChI is InChI=1S/C22H34O3/c1-2-3-4-5-6-7-8-9-10-11-12-13-15-18-21(23)19-16-14-17-20-22(24)25/h6-7,9-10,12-16,18,21,23H,2-5,8,11,17,19-20H2,1H3,(H,24,25). The normalized spacial score (nSPS) is 14.0. The lowest BCUT2D eigenvalue weighted by atomic mass is 10.2.